The standard InChI is InChI=1S/C18H8ClF9N2O/c1-7-6-10(31-30-7)11-12(16(21,22)18(26,27)28)13(17(23,24)25)15(20)29-14(11)8-2-4-9(19)5-3-8/h2-6H,1H3. The van der Waals surface area contributed by atoms with Gasteiger partial charge in [0, 0.05) is 16.7 Å². The van der Waals surface area contributed by atoms with Crippen LogP contribution < -0.4 is 0 Å². The molecule has 13 heteroatoms. The van der Waals surface area contributed by atoms with Gasteiger partial charge in [0.25, 0.3) is 0 Å². The van der Waals surface area contributed by atoms with Crippen LogP contribution in [0.1, 0.15) is 16.8 Å². The lowest BCUT2D eigenvalue weighted by atomic mass is 9.90. The second-order valence-electron chi connectivity index (χ2n) is 6.29. The maximum Gasteiger partial charge on any atom is 0.458 e. The molecule has 3 rings (SSSR count). The van der Waals surface area contributed by atoms with Gasteiger partial charge in [-0.15, -0.1) is 0 Å². The number of halogens is 10. The van der Waals surface area contributed by atoms with E-state index in [2.05, 4.69) is 14.7 Å². The third kappa shape index (κ3) is 4.08. The third-order valence-corrected chi connectivity index (χ3v) is 4.35. The molecule has 0 radical (unpaired) electrons. The molecule has 0 saturated heterocycles. The molecule has 0 unspecified atom stereocenters. The first-order valence-electron chi connectivity index (χ1n) is 8.10. The Morgan fingerprint density at radius 3 is 1.94 bits per heavy atom. The zero-order chi connectivity index (χ0) is 23.4. The maximum atomic E-state index is 14.4. The van der Waals surface area contributed by atoms with Crippen LogP contribution in [0, 0.1) is 12.9 Å². The van der Waals surface area contributed by atoms with Crippen molar-refractivity contribution in [3.63, 3.8) is 0 Å². The molecule has 2 heterocycles. The Morgan fingerprint density at radius 2 is 1.48 bits per heavy atom. The van der Waals surface area contributed by atoms with Gasteiger partial charge in [-0.1, -0.05) is 28.9 Å². The normalized spacial score (nSPS) is 13.0. The molecule has 0 aliphatic rings. The number of alkyl halides is 8. The molecule has 1 aromatic carbocycles. The van der Waals surface area contributed by atoms with Crippen LogP contribution in [0.5, 0.6) is 0 Å². The van der Waals surface area contributed by atoms with E-state index in [9.17, 15) is 39.5 Å². The van der Waals surface area contributed by atoms with Crippen LogP contribution >= 0.6 is 11.6 Å². The van der Waals surface area contributed by atoms with Gasteiger partial charge in [-0.2, -0.15) is 39.5 Å². The van der Waals surface area contributed by atoms with Crippen LogP contribution in [0.15, 0.2) is 34.9 Å². The minimum atomic E-state index is -6.50. The molecule has 0 fully saturated rings. The van der Waals surface area contributed by atoms with E-state index in [0.717, 1.165) is 30.3 Å². The molecule has 31 heavy (non-hydrogen) atoms. The summed E-state index contributed by atoms with van der Waals surface area (Å²) in [4.78, 5) is 3.06. The summed E-state index contributed by atoms with van der Waals surface area (Å²) in [6.45, 7) is 1.25. The Balaban J connectivity index is 2.57. The van der Waals surface area contributed by atoms with Crippen molar-refractivity contribution in [3.8, 4) is 22.6 Å². The van der Waals surface area contributed by atoms with Gasteiger partial charge in [0.1, 0.15) is 5.56 Å². The van der Waals surface area contributed by atoms with E-state index in [1.807, 2.05) is 0 Å². The fourth-order valence-electron chi connectivity index (χ4n) is 2.81. The molecule has 0 atom stereocenters. The Kier molecular flexibility index (Phi) is 5.49. The Bertz CT molecular complexity index is 1120. The Labute approximate surface area is 172 Å². The van der Waals surface area contributed by atoms with E-state index in [4.69, 9.17) is 11.6 Å². The van der Waals surface area contributed by atoms with Crippen molar-refractivity contribution in [3.05, 3.63) is 58.1 Å². The van der Waals surface area contributed by atoms with Crippen LogP contribution in [0.3, 0.4) is 0 Å². The van der Waals surface area contributed by atoms with Crippen molar-refractivity contribution in [1.82, 2.24) is 10.1 Å². The van der Waals surface area contributed by atoms with Crippen molar-refractivity contribution in [2.45, 2.75) is 25.2 Å². The maximum absolute atomic E-state index is 14.4. The second kappa shape index (κ2) is 7.43. The summed E-state index contributed by atoms with van der Waals surface area (Å²) < 4.78 is 128. The molecule has 0 bridgehead atoms. The number of benzene rings is 1. The summed E-state index contributed by atoms with van der Waals surface area (Å²) in [7, 11) is 0. The summed E-state index contributed by atoms with van der Waals surface area (Å²) in [5.41, 5.74) is -8.23. The number of aromatic nitrogens is 2. The molecule has 2 aromatic heterocycles. The molecule has 0 spiro atoms. The second-order valence-corrected chi connectivity index (χ2v) is 6.72. The number of aryl methyl sites for hydroxylation is 1. The molecule has 0 N–H and O–H groups in total. The lowest BCUT2D eigenvalue weighted by Gasteiger charge is -2.26. The first-order chi connectivity index (χ1) is 14.1. The van der Waals surface area contributed by atoms with Gasteiger partial charge in [0.2, 0.25) is 5.95 Å². The van der Waals surface area contributed by atoms with E-state index >= 15 is 0 Å². The van der Waals surface area contributed by atoms with E-state index in [1.165, 1.54) is 6.92 Å². The highest BCUT2D eigenvalue weighted by Crippen LogP contribution is 2.53. The number of pyridine rings is 1. The molecule has 0 saturated carbocycles. The number of hydrogen-bond donors (Lipinski definition) is 0. The van der Waals surface area contributed by atoms with Gasteiger partial charge in [-0.25, -0.2) is 4.98 Å². The van der Waals surface area contributed by atoms with Gasteiger partial charge in [-0.05, 0) is 19.1 Å². The number of rotatable bonds is 3. The van der Waals surface area contributed by atoms with Crippen molar-refractivity contribution in [1.29, 1.82) is 0 Å². The van der Waals surface area contributed by atoms with E-state index in [0.29, 0.717) is 0 Å². The topological polar surface area (TPSA) is 38.9 Å². The highest BCUT2D eigenvalue weighted by Gasteiger charge is 2.63. The van der Waals surface area contributed by atoms with Gasteiger partial charge < -0.3 is 4.52 Å². The molecular weight excluding hydrogens is 467 g/mol. The quantitative estimate of drug-likeness (QED) is 0.298. The summed E-state index contributed by atoms with van der Waals surface area (Å²) in [5.74, 6) is -9.57. The molecule has 3 aromatic rings. The Hall–Kier alpha value is -2.76. The minimum absolute atomic E-state index is 0.0452. The van der Waals surface area contributed by atoms with Crippen LogP contribution in [-0.4, -0.2) is 16.3 Å². The molecule has 166 valence electrons. The fourth-order valence-corrected chi connectivity index (χ4v) is 2.93. The van der Waals surface area contributed by atoms with Crippen molar-refractivity contribution < 1.29 is 44.0 Å². The SMILES string of the molecule is Cc1cc(-c2c(-c3ccc(Cl)cc3)nc(F)c(C(F)(F)F)c2C(F)(F)C(F)(F)F)on1. The summed E-state index contributed by atoms with van der Waals surface area (Å²) in [6.07, 6.45) is -12.4. The van der Waals surface area contributed by atoms with Crippen LogP contribution in [0.25, 0.3) is 22.6 Å². The average Bonchev–Trinajstić information content (AvgIpc) is 3.05. The number of nitrogens with zero attached hydrogens (tertiary/aromatic N) is 2. The molecule has 0 aliphatic carbocycles. The van der Waals surface area contributed by atoms with E-state index in [1.54, 1.807) is 0 Å². The van der Waals surface area contributed by atoms with Crippen LogP contribution in [-0.2, 0) is 12.1 Å². The molecule has 3 nitrogen and oxygen atoms in total. The lowest BCUT2D eigenvalue weighted by Crippen LogP contribution is -2.37. The fraction of sp³-hybridized carbons (Fsp3) is 0.222. The number of hydrogen-bond acceptors (Lipinski definition) is 3. The molecular formula is C18H8ClF9N2O. The summed E-state index contributed by atoms with van der Waals surface area (Å²) >= 11 is 5.70. The van der Waals surface area contributed by atoms with Crippen molar-refractivity contribution in [2.75, 3.05) is 0 Å². The highest BCUT2D eigenvalue weighted by molar-refractivity contribution is 6.30. The van der Waals surface area contributed by atoms with Crippen molar-refractivity contribution in [2.24, 2.45) is 0 Å². The lowest BCUT2D eigenvalue weighted by molar-refractivity contribution is -0.291. The average molecular weight is 475 g/mol. The smallest absolute Gasteiger partial charge is 0.356 e. The van der Waals surface area contributed by atoms with Crippen LogP contribution in [0.2, 0.25) is 5.02 Å². The van der Waals surface area contributed by atoms with Gasteiger partial charge in [-0.3, -0.25) is 0 Å². The predicted molar refractivity (Wildman–Crippen MR) is 89.8 cm³/mol. The Morgan fingerprint density at radius 1 is 0.903 bits per heavy atom. The van der Waals surface area contributed by atoms with Gasteiger partial charge in [0.05, 0.1) is 22.5 Å². The largest absolute Gasteiger partial charge is 0.458 e. The third-order valence-electron chi connectivity index (χ3n) is 4.10. The monoisotopic (exact) mass is 474 g/mol. The zero-order valence-electron chi connectivity index (χ0n) is 15.0. The van der Waals surface area contributed by atoms with E-state index in [-0.39, 0.29) is 16.3 Å². The first-order valence-corrected chi connectivity index (χ1v) is 8.47. The van der Waals surface area contributed by atoms with Crippen LogP contribution in [0.4, 0.5) is 39.5 Å². The van der Waals surface area contributed by atoms with E-state index < -0.39 is 52.4 Å². The summed E-state index contributed by atoms with van der Waals surface area (Å²) in [5, 5.41) is 3.42. The van der Waals surface area contributed by atoms with Crippen molar-refractivity contribution >= 4 is 11.6 Å². The first kappa shape index (κ1) is 22.9. The predicted octanol–water partition coefficient (Wildman–Crippen LogP) is 7.18. The zero-order valence-corrected chi connectivity index (χ0v) is 15.7. The molecule has 0 amide bonds. The summed E-state index contributed by atoms with van der Waals surface area (Å²) in [6, 6.07) is 5.25. The minimum Gasteiger partial charge on any atom is -0.356 e. The highest BCUT2D eigenvalue weighted by atomic mass is 35.5. The van der Waals surface area contributed by atoms with Gasteiger partial charge >= 0.3 is 18.3 Å². The molecule has 0 aliphatic heterocycles. The van der Waals surface area contributed by atoms with Gasteiger partial charge in [0.15, 0.2) is 5.76 Å².